The van der Waals surface area contributed by atoms with Gasteiger partial charge in [0.05, 0.1) is 0 Å². The van der Waals surface area contributed by atoms with Gasteiger partial charge >= 0.3 is 5.97 Å². The molecule has 0 bridgehead atoms. The van der Waals surface area contributed by atoms with Crippen LogP contribution in [0.15, 0.2) is 41.3 Å². The molecule has 0 radical (unpaired) electrons. The Morgan fingerprint density at radius 2 is 2.31 bits per heavy atom. The van der Waals surface area contributed by atoms with Gasteiger partial charge in [0.25, 0.3) is 0 Å². The molecule has 2 aromatic rings. The molecule has 4 nitrogen and oxygen atoms in total. The maximum atomic E-state index is 10.9. The highest BCUT2D eigenvalue weighted by molar-refractivity contribution is 9.10. The summed E-state index contributed by atoms with van der Waals surface area (Å²) >= 11 is 3.33. The third kappa shape index (κ3) is 2.30. The number of carbonyl (C=O) groups is 1. The van der Waals surface area contributed by atoms with Gasteiger partial charge in [-0.1, -0.05) is 0 Å². The molecule has 0 aromatic carbocycles. The monoisotopic (exact) mass is 280 g/mol. The van der Waals surface area contributed by atoms with Crippen molar-refractivity contribution in [1.29, 1.82) is 0 Å². The highest BCUT2D eigenvalue weighted by atomic mass is 79.9. The van der Waals surface area contributed by atoms with Crippen LogP contribution in [0.5, 0.6) is 0 Å². The van der Waals surface area contributed by atoms with E-state index < -0.39 is 5.97 Å². The highest BCUT2D eigenvalue weighted by Gasteiger charge is 2.08. The number of carboxylic acid groups (broad SMARTS) is 1. The number of pyridine rings is 1. The predicted octanol–water partition coefficient (Wildman–Crippen LogP) is 2.39. The SMILES string of the molecule is O=C(O)c1cccn1Cc1cncc(Br)c1. The van der Waals surface area contributed by atoms with Gasteiger partial charge < -0.3 is 9.67 Å². The Labute approximate surface area is 101 Å². The molecular formula is C11H9BrN2O2. The van der Waals surface area contributed by atoms with Gasteiger partial charge in [0.15, 0.2) is 0 Å². The zero-order chi connectivity index (χ0) is 11.5. The van der Waals surface area contributed by atoms with Gasteiger partial charge in [-0.05, 0) is 39.7 Å². The van der Waals surface area contributed by atoms with E-state index in [9.17, 15) is 4.79 Å². The van der Waals surface area contributed by atoms with E-state index in [1.165, 1.54) is 0 Å². The molecule has 5 heteroatoms. The lowest BCUT2D eigenvalue weighted by Gasteiger charge is -2.06. The summed E-state index contributed by atoms with van der Waals surface area (Å²) in [5.74, 6) is -0.923. The lowest BCUT2D eigenvalue weighted by molar-refractivity contribution is 0.0685. The molecule has 0 saturated heterocycles. The number of aromatic nitrogens is 2. The second-order valence-corrected chi connectivity index (χ2v) is 4.25. The minimum Gasteiger partial charge on any atom is -0.477 e. The average Bonchev–Trinajstić information content (AvgIpc) is 2.66. The Hall–Kier alpha value is -1.62. The molecule has 2 rings (SSSR count). The molecule has 0 unspecified atom stereocenters. The van der Waals surface area contributed by atoms with Gasteiger partial charge in [0.1, 0.15) is 5.69 Å². The van der Waals surface area contributed by atoms with E-state index in [4.69, 9.17) is 5.11 Å². The van der Waals surface area contributed by atoms with Crippen molar-refractivity contribution in [2.24, 2.45) is 0 Å². The van der Waals surface area contributed by atoms with Crippen LogP contribution >= 0.6 is 15.9 Å². The fourth-order valence-electron chi connectivity index (χ4n) is 1.49. The van der Waals surface area contributed by atoms with E-state index in [1.54, 1.807) is 35.3 Å². The summed E-state index contributed by atoms with van der Waals surface area (Å²) in [6.07, 6.45) is 5.15. The lowest BCUT2D eigenvalue weighted by atomic mass is 10.3. The van der Waals surface area contributed by atoms with Crippen LogP contribution in [0.25, 0.3) is 0 Å². The first kappa shape index (κ1) is 10.9. The van der Waals surface area contributed by atoms with E-state index in [0.29, 0.717) is 6.54 Å². The second kappa shape index (κ2) is 4.49. The highest BCUT2D eigenvalue weighted by Crippen LogP contribution is 2.12. The Balaban J connectivity index is 2.27. The summed E-state index contributed by atoms with van der Waals surface area (Å²) in [5, 5.41) is 8.94. The first-order chi connectivity index (χ1) is 7.66. The van der Waals surface area contributed by atoms with Crippen molar-refractivity contribution in [2.75, 3.05) is 0 Å². The molecular weight excluding hydrogens is 272 g/mol. The van der Waals surface area contributed by atoms with Crippen LogP contribution in [0.1, 0.15) is 16.1 Å². The zero-order valence-corrected chi connectivity index (χ0v) is 9.89. The summed E-state index contributed by atoms with van der Waals surface area (Å²) in [6, 6.07) is 5.21. The summed E-state index contributed by atoms with van der Waals surface area (Å²) in [7, 11) is 0. The summed E-state index contributed by atoms with van der Waals surface area (Å²) < 4.78 is 2.56. The maximum absolute atomic E-state index is 10.9. The topological polar surface area (TPSA) is 55.1 Å². The number of hydrogen-bond acceptors (Lipinski definition) is 2. The first-order valence-electron chi connectivity index (χ1n) is 4.64. The van der Waals surface area contributed by atoms with Crippen LogP contribution in [-0.4, -0.2) is 20.6 Å². The minimum atomic E-state index is -0.923. The molecule has 0 fully saturated rings. The van der Waals surface area contributed by atoms with Crippen LogP contribution in [0.2, 0.25) is 0 Å². The van der Waals surface area contributed by atoms with Gasteiger partial charge in [-0.25, -0.2) is 4.79 Å². The van der Waals surface area contributed by atoms with E-state index >= 15 is 0 Å². The van der Waals surface area contributed by atoms with Crippen LogP contribution in [0.4, 0.5) is 0 Å². The van der Waals surface area contributed by atoms with Crippen LogP contribution in [-0.2, 0) is 6.54 Å². The molecule has 2 aromatic heterocycles. The molecule has 82 valence electrons. The number of aromatic carboxylic acids is 1. The van der Waals surface area contributed by atoms with E-state index in [2.05, 4.69) is 20.9 Å². The van der Waals surface area contributed by atoms with Crippen molar-refractivity contribution in [3.8, 4) is 0 Å². The molecule has 0 aliphatic rings. The standard InChI is InChI=1S/C11H9BrN2O2/c12-9-4-8(5-13-6-9)7-14-3-1-2-10(14)11(15)16/h1-6H,7H2,(H,15,16). The number of carboxylic acids is 1. The molecule has 0 aliphatic heterocycles. The molecule has 0 atom stereocenters. The number of hydrogen-bond donors (Lipinski definition) is 1. The van der Waals surface area contributed by atoms with Gasteiger partial charge in [-0.15, -0.1) is 0 Å². The minimum absolute atomic E-state index is 0.278. The van der Waals surface area contributed by atoms with Crippen molar-refractivity contribution < 1.29 is 9.90 Å². The number of halogens is 1. The largest absolute Gasteiger partial charge is 0.477 e. The molecule has 0 amide bonds. The fraction of sp³-hybridized carbons (Fsp3) is 0.0909. The summed E-state index contributed by atoms with van der Waals surface area (Å²) in [6.45, 7) is 0.501. The van der Waals surface area contributed by atoms with Crippen molar-refractivity contribution in [1.82, 2.24) is 9.55 Å². The van der Waals surface area contributed by atoms with E-state index in [0.717, 1.165) is 10.0 Å². The smallest absolute Gasteiger partial charge is 0.352 e. The van der Waals surface area contributed by atoms with Crippen molar-refractivity contribution in [3.63, 3.8) is 0 Å². The molecule has 2 heterocycles. The normalized spacial score (nSPS) is 10.3. The number of nitrogens with zero attached hydrogens (tertiary/aromatic N) is 2. The van der Waals surface area contributed by atoms with Crippen LogP contribution in [0, 0.1) is 0 Å². The van der Waals surface area contributed by atoms with Gasteiger partial charge in [0.2, 0.25) is 0 Å². The van der Waals surface area contributed by atoms with Crippen LogP contribution < -0.4 is 0 Å². The van der Waals surface area contributed by atoms with Crippen molar-refractivity contribution in [2.45, 2.75) is 6.54 Å². The third-order valence-electron chi connectivity index (χ3n) is 2.16. The summed E-state index contributed by atoms with van der Waals surface area (Å²) in [4.78, 5) is 14.9. The quantitative estimate of drug-likeness (QED) is 0.939. The van der Waals surface area contributed by atoms with Gasteiger partial charge in [-0.2, -0.15) is 0 Å². The van der Waals surface area contributed by atoms with Crippen LogP contribution in [0.3, 0.4) is 0 Å². The molecule has 0 saturated carbocycles. The fourth-order valence-corrected chi connectivity index (χ4v) is 1.90. The molecule has 1 N–H and O–H groups in total. The van der Waals surface area contributed by atoms with E-state index in [-0.39, 0.29) is 5.69 Å². The molecule has 0 aliphatic carbocycles. The maximum Gasteiger partial charge on any atom is 0.352 e. The summed E-state index contributed by atoms with van der Waals surface area (Å²) in [5.41, 5.74) is 1.23. The van der Waals surface area contributed by atoms with E-state index in [1.807, 2.05) is 6.07 Å². The average molecular weight is 281 g/mol. The second-order valence-electron chi connectivity index (χ2n) is 3.34. The Morgan fingerprint density at radius 1 is 1.50 bits per heavy atom. The van der Waals surface area contributed by atoms with Crippen molar-refractivity contribution in [3.05, 3.63) is 52.5 Å². The third-order valence-corrected chi connectivity index (χ3v) is 2.60. The van der Waals surface area contributed by atoms with Gasteiger partial charge in [0, 0.05) is 29.6 Å². The predicted molar refractivity (Wildman–Crippen MR) is 62.4 cm³/mol. The Morgan fingerprint density at radius 3 is 3.00 bits per heavy atom. The Kier molecular flexibility index (Phi) is 3.05. The number of rotatable bonds is 3. The molecule has 0 spiro atoms. The lowest BCUT2D eigenvalue weighted by Crippen LogP contribution is -2.08. The van der Waals surface area contributed by atoms with Crippen molar-refractivity contribution >= 4 is 21.9 Å². The Bertz CT molecular complexity index is 522. The zero-order valence-electron chi connectivity index (χ0n) is 8.30. The molecule has 16 heavy (non-hydrogen) atoms. The van der Waals surface area contributed by atoms with Gasteiger partial charge in [-0.3, -0.25) is 4.98 Å². The first-order valence-corrected chi connectivity index (χ1v) is 5.44.